The molecule has 0 amide bonds. The molecule has 106 valence electrons. The number of quaternary nitrogens is 1. The molecule has 10 heteroatoms. The lowest BCUT2D eigenvalue weighted by molar-refractivity contribution is -0.751. The molecule has 0 saturated carbocycles. The molecule has 0 saturated heterocycles. The van der Waals surface area contributed by atoms with Crippen molar-refractivity contribution in [3.8, 4) is 0 Å². The summed E-state index contributed by atoms with van der Waals surface area (Å²) >= 11 is 0. The lowest BCUT2D eigenvalue weighted by Gasteiger charge is -2.31. The summed E-state index contributed by atoms with van der Waals surface area (Å²) in [6.07, 6.45) is 3.67. The lowest BCUT2D eigenvalue weighted by atomic mass is 10.3. The summed E-state index contributed by atoms with van der Waals surface area (Å²) in [7, 11) is -8.40. The molecule has 2 atom stereocenters. The Morgan fingerprint density at radius 1 is 1.28 bits per heavy atom. The van der Waals surface area contributed by atoms with Gasteiger partial charge in [-0.05, 0) is 6.42 Å². The fourth-order valence-corrected chi connectivity index (χ4v) is 4.14. The van der Waals surface area contributed by atoms with E-state index in [-0.39, 0.29) is 6.54 Å². The van der Waals surface area contributed by atoms with Gasteiger partial charge in [-0.1, -0.05) is 13.3 Å². The first-order valence-electron chi connectivity index (χ1n) is 5.29. The van der Waals surface area contributed by atoms with Crippen molar-refractivity contribution in [2.24, 2.45) is 0 Å². The summed E-state index contributed by atoms with van der Waals surface area (Å²) in [5.74, 6) is 0. The van der Waals surface area contributed by atoms with E-state index in [4.69, 9.17) is 4.55 Å². The maximum atomic E-state index is 11.4. The molecule has 0 spiro atoms. The monoisotopic (exact) mass is 301 g/mol. The number of unbranched alkanes of at least 4 members (excludes halogenated alkanes) is 1. The molecule has 0 bridgehead atoms. The predicted molar refractivity (Wildman–Crippen MR) is 63.8 cm³/mol. The Labute approximate surface area is 107 Å². The van der Waals surface area contributed by atoms with E-state index in [0.29, 0.717) is 6.42 Å². The fraction of sp³-hybridized carbons (Fsp3) is 0.750. The fourth-order valence-electron chi connectivity index (χ4n) is 1.81. The average Bonchev–Trinajstić information content (AvgIpc) is 2.52. The third-order valence-electron chi connectivity index (χ3n) is 2.81. The van der Waals surface area contributed by atoms with Crippen LogP contribution >= 0.6 is 0 Å². The van der Waals surface area contributed by atoms with Gasteiger partial charge in [0.2, 0.25) is 0 Å². The van der Waals surface area contributed by atoms with Crippen LogP contribution in [0.25, 0.3) is 0 Å². The van der Waals surface area contributed by atoms with E-state index in [1.807, 2.05) is 6.92 Å². The molecule has 2 N–H and O–H groups in total. The first-order chi connectivity index (χ1) is 8.04. The summed E-state index contributed by atoms with van der Waals surface area (Å²) < 4.78 is 62.3. The Morgan fingerprint density at radius 2 is 1.83 bits per heavy atom. The first-order valence-corrected chi connectivity index (χ1v) is 8.19. The van der Waals surface area contributed by atoms with Crippen molar-refractivity contribution in [3.63, 3.8) is 0 Å². The molecule has 0 aromatic rings. The molecule has 1 heterocycles. The SMILES string of the molecule is CCCCN1C=C[N+](C)(S(=O)(=O)O)C1S(=O)(=O)O. The van der Waals surface area contributed by atoms with Crippen molar-refractivity contribution in [1.82, 2.24) is 4.90 Å². The van der Waals surface area contributed by atoms with Gasteiger partial charge >= 0.3 is 25.9 Å². The summed E-state index contributed by atoms with van der Waals surface area (Å²) in [6.45, 7) is 2.15. The Morgan fingerprint density at radius 3 is 2.22 bits per heavy atom. The molecule has 1 aliphatic heterocycles. The molecule has 8 nitrogen and oxygen atoms in total. The van der Waals surface area contributed by atoms with Gasteiger partial charge in [0.1, 0.15) is 6.20 Å². The van der Waals surface area contributed by atoms with E-state index in [1.165, 1.54) is 11.1 Å². The molecule has 0 aliphatic carbocycles. The maximum Gasteiger partial charge on any atom is 0.439 e. The van der Waals surface area contributed by atoms with E-state index >= 15 is 0 Å². The summed E-state index contributed by atoms with van der Waals surface area (Å²) in [5.41, 5.74) is -1.78. The minimum atomic E-state index is -4.72. The molecule has 1 rings (SSSR count). The van der Waals surface area contributed by atoms with Crippen LogP contribution in [0, 0.1) is 0 Å². The van der Waals surface area contributed by atoms with Crippen LogP contribution in [0.3, 0.4) is 0 Å². The predicted octanol–water partition coefficient (Wildman–Crippen LogP) is -0.00590. The second-order valence-corrected chi connectivity index (χ2v) is 7.37. The molecular formula is C8H17N2O6S2+. The van der Waals surface area contributed by atoms with Gasteiger partial charge in [0.05, 0.1) is 13.2 Å². The second kappa shape index (κ2) is 4.78. The standard InChI is InChI=1S/C8H16N2O6S2/c1-3-4-5-9-6-7-10(2,18(14,15)16)8(9)17(11,12)13/h6-8H,3-5H2,1-2H3,(H-,11,12,13,14,15,16)/p+1. The van der Waals surface area contributed by atoms with Crippen LogP contribution in [0.2, 0.25) is 0 Å². The highest BCUT2D eigenvalue weighted by Gasteiger charge is 2.56. The maximum absolute atomic E-state index is 11.4. The summed E-state index contributed by atoms with van der Waals surface area (Å²) in [5, 5.41) is 0. The normalized spacial score (nSPS) is 28.9. The van der Waals surface area contributed by atoms with Gasteiger partial charge in [0.25, 0.3) is 0 Å². The largest absolute Gasteiger partial charge is 0.439 e. The quantitative estimate of drug-likeness (QED) is 0.542. The minimum Gasteiger partial charge on any atom is -0.308 e. The van der Waals surface area contributed by atoms with Gasteiger partial charge in [0.15, 0.2) is 0 Å². The van der Waals surface area contributed by atoms with Crippen molar-refractivity contribution >= 4 is 20.4 Å². The first kappa shape index (κ1) is 15.4. The molecule has 0 fully saturated rings. The number of rotatable bonds is 5. The van der Waals surface area contributed by atoms with Crippen LogP contribution in [0.15, 0.2) is 12.4 Å². The third kappa shape index (κ3) is 2.67. The van der Waals surface area contributed by atoms with Gasteiger partial charge in [-0.2, -0.15) is 8.42 Å². The highest BCUT2D eigenvalue weighted by atomic mass is 32.2. The van der Waals surface area contributed by atoms with Crippen molar-refractivity contribution in [1.29, 1.82) is 0 Å². The van der Waals surface area contributed by atoms with E-state index in [9.17, 15) is 21.4 Å². The summed E-state index contributed by atoms with van der Waals surface area (Å²) in [6, 6.07) is 0. The third-order valence-corrected chi connectivity index (χ3v) is 5.50. The second-order valence-electron chi connectivity index (χ2n) is 4.24. The summed E-state index contributed by atoms with van der Waals surface area (Å²) in [4.78, 5) is 1.19. The van der Waals surface area contributed by atoms with Crippen LogP contribution in [0.4, 0.5) is 0 Å². The topological polar surface area (TPSA) is 112 Å². The number of hydrogen-bond acceptors (Lipinski definition) is 5. The van der Waals surface area contributed by atoms with Crippen LogP contribution in [0.1, 0.15) is 19.8 Å². The highest BCUT2D eigenvalue weighted by Crippen LogP contribution is 2.30. The Balaban J connectivity index is 3.22. The molecule has 0 radical (unpaired) electrons. The van der Waals surface area contributed by atoms with Gasteiger partial charge < -0.3 is 4.90 Å². The van der Waals surface area contributed by atoms with Crippen LogP contribution in [0.5, 0.6) is 0 Å². The van der Waals surface area contributed by atoms with Crippen molar-refractivity contribution in [2.45, 2.75) is 25.3 Å². The molecule has 2 unspecified atom stereocenters. The Hall–Kier alpha value is -0.680. The van der Waals surface area contributed by atoms with Gasteiger partial charge in [0, 0.05) is 6.54 Å². The van der Waals surface area contributed by atoms with Gasteiger partial charge in [-0.15, -0.1) is 12.3 Å². The Kier molecular flexibility index (Phi) is 4.08. The molecule has 0 aromatic carbocycles. The lowest BCUT2D eigenvalue weighted by Crippen LogP contribution is -2.57. The Bertz CT molecular complexity index is 540. The van der Waals surface area contributed by atoms with E-state index in [2.05, 4.69) is 0 Å². The van der Waals surface area contributed by atoms with E-state index in [0.717, 1.165) is 19.7 Å². The zero-order chi connectivity index (χ0) is 14.2. The zero-order valence-electron chi connectivity index (χ0n) is 10.1. The average molecular weight is 301 g/mol. The van der Waals surface area contributed by atoms with Crippen LogP contribution in [-0.4, -0.2) is 53.8 Å². The van der Waals surface area contributed by atoms with Crippen molar-refractivity contribution in [2.75, 3.05) is 13.6 Å². The van der Waals surface area contributed by atoms with Crippen LogP contribution in [-0.2, 0) is 20.4 Å². The smallest absolute Gasteiger partial charge is 0.308 e. The van der Waals surface area contributed by atoms with E-state index in [1.54, 1.807) is 0 Å². The van der Waals surface area contributed by atoms with E-state index < -0.39 is 29.8 Å². The molecule has 0 aromatic heterocycles. The highest BCUT2D eigenvalue weighted by molar-refractivity contribution is 7.87. The molecule has 18 heavy (non-hydrogen) atoms. The minimum absolute atomic E-state index is 0.265. The van der Waals surface area contributed by atoms with Crippen molar-refractivity contribution < 1.29 is 29.8 Å². The van der Waals surface area contributed by atoms with Gasteiger partial charge in [-0.25, -0.2) is 4.55 Å². The van der Waals surface area contributed by atoms with Crippen LogP contribution < -0.4 is 0 Å². The molecule has 1 aliphatic rings. The zero-order valence-corrected chi connectivity index (χ0v) is 11.7. The van der Waals surface area contributed by atoms with Gasteiger partial charge in [-0.3, -0.25) is 4.55 Å². The number of nitrogens with zero attached hydrogens (tertiary/aromatic N) is 2. The number of hydrogen-bond donors (Lipinski definition) is 2. The molecular weight excluding hydrogens is 284 g/mol. The van der Waals surface area contributed by atoms with Crippen molar-refractivity contribution in [3.05, 3.63) is 12.4 Å².